The number of ether oxygens (including phenoxy) is 2. The summed E-state index contributed by atoms with van der Waals surface area (Å²) in [5, 5.41) is 3.58. The van der Waals surface area contributed by atoms with Gasteiger partial charge in [-0.1, -0.05) is 0 Å². The number of thiophene rings is 1. The lowest BCUT2D eigenvalue weighted by atomic mass is 10.1. The highest BCUT2D eigenvalue weighted by atomic mass is 32.1. The second-order valence-electron chi connectivity index (χ2n) is 9.97. The van der Waals surface area contributed by atoms with Crippen molar-refractivity contribution >= 4 is 45.1 Å². The molecular weight excluding hydrogens is 523 g/mol. The van der Waals surface area contributed by atoms with Gasteiger partial charge < -0.3 is 25.4 Å². The number of hydrogen-bond acceptors (Lipinski definition) is 8. The van der Waals surface area contributed by atoms with Crippen LogP contribution in [-0.2, 0) is 10.9 Å². The lowest BCUT2D eigenvalue weighted by Crippen LogP contribution is -2.46. The fourth-order valence-electron chi connectivity index (χ4n) is 4.13. The van der Waals surface area contributed by atoms with Crippen LogP contribution in [0, 0.1) is 6.92 Å². The molecule has 0 radical (unpaired) electrons. The van der Waals surface area contributed by atoms with Crippen LogP contribution >= 0.6 is 11.3 Å². The van der Waals surface area contributed by atoms with Crippen LogP contribution in [0.2, 0.25) is 0 Å². The number of nitrogens with one attached hydrogen (secondary N) is 1. The monoisotopic (exact) mass is 551 g/mol. The molecule has 1 aliphatic heterocycles. The number of fused-ring (bicyclic) bond motifs is 1. The smallest absolute Gasteiger partial charge is 0.416 e. The number of aromatic nitrogens is 2. The molecule has 0 saturated carbocycles. The summed E-state index contributed by atoms with van der Waals surface area (Å²) >= 11 is 1.11. The molecule has 1 saturated heterocycles. The quantitative estimate of drug-likeness (QED) is 0.421. The largest absolute Gasteiger partial charge is 0.486 e. The standard InChI is InChI=1S/C25H28F3N5O4S/c1-13-18-21(30-12-31-22(18)38-19(13)20(29)34)32-16-8-7-14(25(26,27)28)10-17(16)36-15-6-5-9-33(11-15)23(35)37-24(2,3)4/h7-8,10,12,15H,5-6,9,11H2,1-4H3,(H2,29,34)(H,30,31,32). The van der Waals surface area contributed by atoms with Crippen molar-refractivity contribution in [3.05, 3.63) is 40.5 Å². The summed E-state index contributed by atoms with van der Waals surface area (Å²) in [6, 6.07) is 3.12. The number of primary amides is 1. The SMILES string of the molecule is Cc1c(C(N)=O)sc2ncnc(Nc3ccc(C(F)(F)F)cc3OC3CCCN(C(=O)OC(C)(C)C)C3)c12. The number of halogens is 3. The van der Waals surface area contributed by atoms with E-state index < -0.39 is 35.4 Å². The molecule has 13 heteroatoms. The molecule has 1 unspecified atom stereocenters. The van der Waals surface area contributed by atoms with E-state index in [9.17, 15) is 22.8 Å². The minimum Gasteiger partial charge on any atom is -0.486 e. The molecule has 0 spiro atoms. The zero-order chi connectivity index (χ0) is 27.8. The summed E-state index contributed by atoms with van der Waals surface area (Å²) in [5.74, 6) is -0.368. The summed E-state index contributed by atoms with van der Waals surface area (Å²) in [7, 11) is 0. The molecule has 1 fully saturated rings. The van der Waals surface area contributed by atoms with E-state index in [0.29, 0.717) is 45.9 Å². The molecule has 3 heterocycles. The lowest BCUT2D eigenvalue weighted by molar-refractivity contribution is -0.137. The molecule has 2 amide bonds. The van der Waals surface area contributed by atoms with Gasteiger partial charge >= 0.3 is 12.3 Å². The van der Waals surface area contributed by atoms with Crippen LogP contribution in [-0.4, -0.2) is 51.7 Å². The van der Waals surface area contributed by atoms with E-state index >= 15 is 0 Å². The number of piperidine rings is 1. The summed E-state index contributed by atoms with van der Waals surface area (Å²) in [4.78, 5) is 35.1. The zero-order valence-electron chi connectivity index (χ0n) is 21.3. The topological polar surface area (TPSA) is 120 Å². The third-order valence-corrected chi connectivity index (χ3v) is 7.05. The number of benzene rings is 1. The molecule has 0 bridgehead atoms. The van der Waals surface area contributed by atoms with E-state index in [1.165, 1.54) is 17.3 Å². The fourth-order valence-corrected chi connectivity index (χ4v) is 5.14. The number of nitrogens with zero attached hydrogens (tertiary/aromatic N) is 3. The third-order valence-electron chi connectivity index (χ3n) is 5.84. The van der Waals surface area contributed by atoms with Gasteiger partial charge in [0.05, 0.1) is 28.1 Å². The van der Waals surface area contributed by atoms with E-state index in [2.05, 4.69) is 15.3 Å². The minimum absolute atomic E-state index is 0.0503. The first-order valence-electron chi connectivity index (χ1n) is 11.9. The van der Waals surface area contributed by atoms with Crippen LogP contribution in [0.25, 0.3) is 10.2 Å². The molecule has 9 nitrogen and oxygen atoms in total. The van der Waals surface area contributed by atoms with Crippen LogP contribution in [0.3, 0.4) is 0 Å². The Morgan fingerprint density at radius 3 is 2.61 bits per heavy atom. The summed E-state index contributed by atoms with van der Waals surface area (Å²) in [6.07, 6.45) is -3.23. The molecular formula is C25H28F3N5O4S. The van der Waals surface area contributed by atoms with Crippen molar-refractivity contribution in [3.63, 3.8) is 0 Å². The number of carbonyl (C=O) groups is 2. The number of carbonyl (C=O) groups excluding carboxylic acids is 2. The van der Waals surface area contributed by atoms with Gasteiger partial charge in [-0.2, -0.15) is 13.2 Å². The Kier molecular flexibility index (Phi) is 7.42. The average Bonchev–Trinajstić information content (AvgIpc) is 3.16. The molecule has 1 atom stereocenters. The van der Waals surface area contributed by atoms with Crippen LogP contribution in [0.1, 0.15) is 54.4 Å². The van der Waals surface area contributed by atoms with Crippen LogP contribution in [0.15, 0.2) is 24.5 Å². The van der Waals surface area contributed by atoms with Gasteiger partial charge in [-0.25, -0.2) is 14.8 Å². The normalized spacial score (nSPS) is 16.4. The molecule has 0 aliphatic carbocycles. The van der Waals surface area contributed by atoms with Gasteiger partial charge in [0, 0.05) is 6.54 Å². The molecule has 204 valence electrons. The second kappa shape index (κ2) is 10.3. The summed E-state index contributed by atoms with van der Waals surface area (Å²) < 4.78 is 52.2. The maximum absolute atomic E-state index is 13.6. The highest BCUT2D eigenvalue weighted by Crippen LogP contribution is 2.39. The van der Waals surface area contributed by atoms with Gasteiger partial charge in [-0.05, 0) is 64.3 Å². The zero-order valence-corrected chi connectivity index (χ0v) is 22.1. The maximum atomic E-state index is 13.6. The highest BCUT2D eigenvalue weighted by Gasteiger charge is 2.33. The number of amides is 2. The van der Waals surface area contributed by atoms with Crippen LogP contribution < -0.4 is 15.8 Å². The van der Waals surface area contributed by atoms with Crippen molar-refractivity contribution < 1.29 is 32.2 Å². The Morgan fingerprint density at radius 1 is 1.21 bits per heavy atom. The first kappa shape index (κ1) is 27.4. The van der Waals surface area contributed by atoms with E-state index in [4.69, 9.17) is 15.2 Å². The first-order chi connectivity index (χ1) is 17.7. The average molecular weight is 552 g/mol. The predicted molar refractivity (Wildman–Crippen MR) is 137 cm³/mol. The minimum atomic E-state index is -4.59. The number of rotatable bonds is 5. The van der Waals surface area contributed by atoms with Gasteiger partial charge in [0.15, 0.2) is 0 Å². The van der Waals surface area contributed by atoms with Gasteiger partial charge in [0.2, 0.25) is 0 Å². The van der Waals surface area contributed by atoms with Crippen LogP contribution in [0.5, 0.6) is 5.75 Å². The molecule has 4 rings (SSSR count). The number of alkyl halides is 3. The number of anilines is 2. The van der Waals surface area contributed by atoms with E-state index in [-0.39, 0.29) is 18.0 Å². The molecule has 38 heavy (non-hydrogen) atoms. The Morgan fingerprint density at radius 2 is 1.95 bits per heavy atom. The fraction of sp³-hybridized carbons (Fsp3) is 0.440. The van der Waals surface area contributed by atoms with Gasteiger partial charge in [0.1, 0.15) is 34.4 Å². The van der Waals surface area contributed by atoms with E-state index in [1.54, 1.807) is 27.7 Å². The molecule has 3 aromatic rings. The molecule has 1 aliphatic rings. The van der Waals surface area contributed by atoms with Crippen molar-refractivity contribution in [2.45, 2.75) is 58.4 Å². The Bertz CT molecular complexity index is 1370. The maximum Gasteiger partial charge on any atom is 0.416 e. The number of hydrogen-bond donors (Lipinski definition) is 2. The summed E-state index contributed by atoms with van der Waals surface area (Å²) in [6.45, 7) is 7.60. The molecule has 3 N–H and O–H groups in total. The van der Waals surface area contributed by atoms with E-state index in [1.807, 2.05) is 0 Å². The molecule has 1 aromatic carbocycles. The highest BCUT2D eigenvalue weighted by molar-refractivity contribution is 7.20. The van der Waals surface area contributed by atoms with Crippen molar-refractivity contribution in [1.82, 2.24) is 14.9 Å². The number of nitrogens with two attached hydrogens (primary N) is 1. The second-order valence-corrected chi connectivity index (χ2v) is 11.0. The number of likely N-dealkylation sites (tertiary alicyclic amines) is 1. The van der Waals surface area contributed by atoms with Crippen molar-refractivity contribution in [1.29, 1.82) is 0 Å². The lowest BCUT2D eigenvalue weighted by Gasteiger charge is -2.34. The first-order valence-corrected chi connectivity index (χ1v) is 12.7. The van der Waals surface area contributed by atoms with Gasteiger partial charge in [0.25, 0.3) is 5.91 Å². The Hall–Kier alpha value is -3.61. The Balaban J connectivity index is 1.66. The van der Waals surface area contributed by atoms with E-state index in [0.717, 1.165) is 23.5 Å². The predicted octanol–water partition coefficient (Wildman–Crippen LogP) is 5.64. The third kappa shape index (κ3) is 6.09. The molecule has 2 aromatic heterocycles. The van der Waals surface area contributed by atoms with Gasteiger partial charge in [-0.3, -0.25) is 4.79 Å². The Labute approximate surface area is 221 Å². The van der Waals surface area contributed by atoms with Gasteiger partial charge in [-0.15, -0.1) is 11.3 Å². The number of aryl methyl sites for hydroxylation is 1. The van der Waals surface area contributed by atoms with Crippen molar-refractivity contribution in [2.75, 3.05) is 18.4 Å². The van der Waals surface area contributed by atoms with Crippen molar-refractivity contribution in [3.8, 4) is 5.75 Å². The summed E-state index contributed by atoms with van der Waals surface area (Å²) in [5.41, 5.74) is 4.71. The van der Waals surface area contributed by atoms with Crippen LogP contribution in [0.4, 0.5) is 29.5 Å². The van der Waals surface area contributed by atoms with Crippen molar-refractivity contribution in [2.24, 2.45) is 5.73 Å².